The van der Waals surface area contributed by atoms with E-state index in [1.807, 2.05) is 0 Å². The van der Waals surface area contributed by atoms with Crippen LogP contribution in [-0.2, 0) is 5.60 Å². The van der Waals surface area contributed by atoms with Crippen LogP contribution in [0.15, 0.2) is 12.1 Å². The monoisotopic (exact) mass is 244 g/mol. The van der Waals surface area contributed by atoms with Gasteiger partial charge in [0.05, 0.1) is 19.8 Å². The summed E-state index contributed by atoms with van der Waals surface area (Å²) >= 11 is 0. The third-order valence-electron chi connectivity index (χ3n) is 3.02. The normalized spacial score (nSPS) is 17.1. The maximum absolute atomic E-state index is 12.9. The predicted molar refractivity (Wildman–Crippen MR) is 57.6 cm³/mol. The first kappa shape index (κ1) is 12.1. The molecule has 2 rings (SSSR count). The van der Waals surface area contributed by atoms with Gasteiger partial charge in [-0.2, -0.15) is 0 Å². The molecular formula is C12H14F2O3. The van der Waals surface area contributed by atoms with Crippen LogP contribution in [-0.4, -0.2) is 19.3 Å². The Morgan fingerprint density at radius 2 is 1.71 bits per heavy atom. The summed E-state index contributed by atoms with van der Waals surface area (Å²) in [7, 11) is 2.82. The molecule has 0 bridgehead atoms. The zero-order chi connectivity index (χ0) is 12.6. The first-order valence-corrected chi connectivity index (χ1v) is 5.29. The van der Waals surface area contributed by atoms with Gasteiger partial charge in [-0.05, 0) is 30.5 Å². The van der Waals surface area contributed by atoms with Crippen molar-refractivity contribution in [2.45, 2.75) is 24.9 Å². The average Bonchev–Trinajstić information content (AvgIpc) is 3.06. The van der Waals surface area contributed by atoms with Gasteiger partial charge in [0.1, 0.15) is 0 Å². The van der Waals surface area contributed by atoms with Gasteiger partial charge in [0.2, 0.25) is 0 Å². The molecule has 0 unspecified atom stereocenters. The van der Waals surface area contributed by atoms with Crippen molar-refractivity contribution in [1.29, 1.82) is 0 Å². The summed E-state index contributed by atoms with van der Waals surface area (Å²) < 4.78 is 35.9. The van der Waals surface area contributed by atoms with E-state index < -0.39 is 12.0 Å². The van der Waals surface area contributed by atoms with Crippen LogP contribution in [0, 0.1) is 0 Å². The van der Waals surface area contributed by atoms with Crippen LogP contribution in [0.5, 0.6) is 11.5 Å². The molecule has 0 aromatic heterocycles. The van der Waals surface area contributed by atoms with Crippen molar-refractivity contribution < 1.29 is 23.4 Å². The molecule has 0 saturated heterocycles. The number of rotatable bonds is 4. The highest BCUT2D eigenvalue weighted by atomic mass is 19.3. The van der Waals surface area contributed by atoms with Crippen molar-refractivity contribution in [3.63, 3.8) is 0 Å². The maximum Gasteiger partial charge on any atom is 0.264 e. The van der Waals surface area contributed by atoms with Crippen molar-refractivity contribution >= 4 is 0 Å². The fourth-order valence-corrected chi connectivity index (χ4v) is 1.87. The molecular weight excluding hydrogens is 230 g/mol. The molecule has 3 nitrogen and oxygen atoms in total. The number of methoxy groups -OCH3 is 2. The van der Waals surface area contributed by atoms with Gasteiger partial charge in [-0.15, -0.1) is 0 Å². The first-order chi connectivity index (χ1) is 8.01. The Morgan fingerprint density at radius 1 is 1.18 bits per heavy atom. The van der Waals surface area contributed by atoms with Crippen LogP contribution < -0.4 is 9.47 Å². The van der Waals surface area contributed by atoms with Crippen LogP contribution in [0.2, 0.25) is 0 Å². The lowest BCUT2D eigenvalue weighted by Crippen LogP contribution is -2.10. The Bertz CT molecular complexity index is 428. The van der Waals surface area contributed by atoms with E-state index in [2.05, 4.69) is 0 Å². The Balaban J connectivity index is 2.55. The second-order valence-corrected chi connectivity index (χ2v) is 4.13. The van der Waals surface area contributed by atoms with Crippen LogP contribution in [0.1, 0.15) is 30.4 Å². The topological polar surface area (TPSA) is 38.7 Å². The highest BCUT2D eigenvalue weighted by Gasteiger charge is 2.45. The average molecular weight is 244 g/mol. The first-order valence-electron chi connectivity index (χ1n) is 5.29. The summed E-state index contributed by atoms with van der Waals surface area (Å²) in [6.07, 6.45) is -1.64. The Kier molecular flexibility index (Phi) is 2.95. The lowest BCUT2D eigenvalue weighted by atomic mass is 10.00. The van der Waals surface area contributed by atoms with Crippen LogP contribution in [0.25, 0.3) is 0 Å². The van der Waals surface area contributed by atoms with Gasteiger partial charge >= 0.3 is 0 Å². The highest BCUT2D eigenvalue weighted by Crippen LogP contribution is 2.50. The molecule has 0 radical (unpaired) electrons. The molecule has 94 valence electrons. The summed E-state index contributed by atoms with van der Waals surface area (Å²) in [5.74, 6) is 0.600. The van der Waals surface area contributed by atoms with Crippen molar-refractivity contribution in [2.24, 2.45) is 0 Å². The third kappa shape index (κ3) is 2.07. The lowest BCUT2D eigenvalue weighted by Gasteiger charge is -2.17. The van der Waals surface area contributed by atoms with Gasteiger partial charge in [-0.1, -0.05) is 0 Å². The van der Waals surface area contributed by atoms with E-state index in [1.54, 1.807) is 0 Å². The molecule has 0 amide bonds. The fraction of sp³-hybridized carbons (Fsp3) is 0.500. The van der Waals surface area contributed by atoms with Crippen LogP contribution >= 0.6 is 0 Å². The van der Waals surface area contributed by atoms with Crippen molar-refractivity contribution in [3.05, 3.63) is 23.3 Å². The van der Waals surface area contributed by atoms with Gasteiger partial charge in [-0.25, -0.2) is 8.78 Å². The van der Waals surface area contributed by atoms with E-state index >= 15 is 0 Å². The van der Waals surface area contributed by atoms with E-state index in [0.29, 0.717) is 18.6 Å². The minimum absolute atomic E-state index is 0.192. The van der Waals surface area contributed by atoms with Gasteiger partial charge in [0, 0.05) is 5.56 Å². The number of ether oxygens (including phenoxy) is 2. The number of hydrogen-bond acceptors (Lipinski definition) is 3. The third-order valence-corrected chi connectivity index (χ3v) is 3.02. The summed E-state index contributed by atoms with van der Waals surface area (Å²) in [5.41, 5.74) is -1.07. The lowest BCUT2D eigenvalue weighted by molar-refractivity contribution is 0.124. The van der Waals surface area contributed by atoms with E-state index in [4.69, 9.17) is 9.47 Å². The second kappa shape index (κ2) is 4.14. The minimum Gasteiger partial charge on any atom is -0.493 e. The smallest absolute Gasteiger partial charge is 0.264 e. The molecule has 17 heavy (non-hydrogen) atoms. The largest absolute Gasteiger partial charge is 0.493 e. The maximum atomic E-state index is 12.9. The van der Waals surface area contributed by atoms with Gasteiger partial charge in [-0.3, -0.25) is 0 Å². The summed E-state index contributed by atoms with van der Waals surface area (Å²) in [6, 6.07) is 2.67. The van der Waals surface area contributed by atoms with E-state index in [1.165, 1.54) is 26.4 Å². The molecule has 1 aliphatic carbocycles. The predicted octanol–water partition coefficient (Wildman–Crippen LogP) is 2.62. The Labute approximate surface area is 98.0 Å². The molecule has 0 heterocycles. The number of hydrogen-bond donors (Lipinski definition) is 1. The molecule has 1 saturated carbocycles. The Hall–Kier alpha value is -1.36. The molecule has 1 N–H and O–H groups in total. The second-order valence-electron chi connectivity index (χ2n) is 4.13. The SMILES string of the molecule is COc1cc(C(F)F)c(C2(O)CC2)cc1OC. The molecule has 1 fully saturated rings. The molecule has 0 spiro atoms. The van der Waals surface area contributed by atoms with Crippen molar-refractivity contribution in [2.75, 3.05) is 14.2 Å². The number of benzene rings is 1. The van der Waals surface area contributed by atoms with Crippen molar-refractivity contribution in [3.8, 4) is 11.5 Å². The minimum atomic E-state index is -2.64. The number of aliphatic hydroxyl groups is 1. The summed E-state index contributed by atoms with van der Waals surface area (Å²) in [6.45, 7) is 0. The molecule has 1 aromatic carbocycles. The van der Waals surface area contributed by atoms with Crippen LogP contribution in [0.3, 0.4) is 0 Å². The standard InChI is InChI=1S/C12H14F2O3/c1-16-9-5-7(11(13)14)8(6-10(9)17-2)12(15)3-4-12/h5-6,11,15H,3-4H2,1-2H3. The van der Waals surface area contributed by atoms with Gasteiger partial charge in [0.15, 0.2) is 11.5 Å². The molecule has 1 aliphatic rings. The van der Waals surface area contributed by atoms with E-state index in [-0.39, 0.29) is 16.9 Å². The highest BCUT2D eigenvalue weighted by molar-refractivity contribution is 5.51. The van der Waals surface area contributed by atoms with E-state index in [0.717, 1.165) is 0 Å². The molecule has 0 atom stereocenters. The van der Waals surface area contributed by atoms with E-state index in [9.17, 15) is 13.9 Å². The van der Waals surface area contributed by atoms with Gasteiger partial charge < -0.3 is 14.6 Å². The zero-order valence-electron chi connectivity index (χ0n) is 9.67. The fourth-order valence-electron chi connectivity index (χ4n) is 1.87. The van der Waals surface area contributed by atoms with Crippen molar-refractivity contribution in [1.82, 2.24) is 0 Å². The number of alkyl halides is 2. The van der Waals surface area contributed by atoms with Crippen LogP contribution in [0.4, 0.5) is 8.78 Å². The molecule has 0 aliphatic heterocycles. The van der Waals surface area contributed by atoms with Gasteiger partial charge in [0.25, 0.3) is 6.43 Å². The zero-order valence-corrected chi connectivity index (χ0v) is 9.67. The molecule has 5 heteroatoms. The molecule has 1 aromatic rings. The number of halogens is 2. The Morgan fingerprint density at radius 3 is 2.12 bits per heavy atom. The summed E-state index contributed by atoms with van der Waals surface area (Å²) in [5, 5.41) is 9.98. The quantitative estimate of drug-likeness (QED) is 0.884. The summed E-state index contributed by atoms with van der Waals surface area (Å²) in [4.78, 5) is 0.